The van der Waals surface area contributed by atoms with E-state index in [9.17, 15) is 13.2 Å². The third-order valence-electron chi connectivity index (χ3n) is 2.28. The number of carboxylic acid groups (broad SMARTS) is 1. The highest BCUT2D eigenvalue weighted by Crippen LogP contribution is 2.19. The van der Waals surface area contributed by atoms with Crippen molar-refractivity contribution in [2.24, 2.45) is 0 Å². The van der Waals surface area contributed by atoms with Crippen molar-refractivity contribution < 1.29 is 18.3 Å². The molecule has 0 spiro atoms. The summed E-state index contributed by atoms with van der Waals surface area (Å²) < 4.78 is 22.1. The van der Waals surface area contributed by atoms with E-state index < -0.39 is 15.8 Å². The van der Waals surface area contributed by atoms with Gasteiger partial charge in [0.05, 0.1) is 11.4 Å². The summed E-state index contributed by atoms with van der Waals surface area (Å²) in [6.07, 6.45) is 1.13. The van der Waals surface area contributed by atoms with E-state index in [1.165, 1.54) is 17.0 Å². The Bertz CT molecular complexity index is 556. The zero-order valence-electron chi connectivity index (χ0n) is 10.1. The molecule has 3 N–H and O–H groups in total. The quantitative estimate of drug-likeness (QED) is 0.766. The summed E-state index contributed by atoms with van der Waals surface area (Å²) >= 11 is 0. The second kappa shape index (κ2) is 5.21. The lowest BCUT2D eigenvalue weighted by atomic mass is 10.3. The van der Waals surface area contributed by atoms with Crippen LogP contribution in [0.4, 0.5) is 11.5 Å². The molecule has 0 atom stereocenters. The zero-order valence-corrected chi connectivity index (χ0v) is 10.9. The van der Waals surface area contributed by atoms with E-state index in [0.29, 0.717) is 5.69 Å². The van der Waals surface area contributed by atoms with E-state index in [1.54, 1.807) is 7.05 Å². The van der Waals surface area contributed by atoms with E-state index >= 15 is 0 Å². The minimum absolute atomic E-state index is 0.0537. The number of carbonyl (C=O) groups is 1. The van der Waals surface area contributed by atoms with Crippen LogP contribution in [0.3, 0.4) is 0 Å². The predicted molar refractivity (Wildman–Crippen MR) is 68.6 cm³/mol. The summed E-state index contributed by atoms with van der Waals surface area (Å²) in [4.78, 5) is 16.2. The first-order valence-electron chi connectivity index (χ1n) is 5.09. The van der Waals surface area contributed by atoms with Crippen LogP contribution in [0.25, 0.3) is 0 Å². The maximum atomic E-state index is 11.1. The number of aromatic nitrogens is 1. The monoisotopic (exact) mass is 273 g/mol. The molecule has 7 nitrogen and oxygen atoms in total. The van der Waals surface area contributed by atoms with Gasteiger partial charge in [-0.05, 0) is 12.1 Å². The van der Waals surface area contributed by atoms with Gasteiger partial charge in [0.25, 0.3) is 0 Å². The number of rotatable bonds is 5. The molecule has 0 bridgehead atoms. The fraction of sp³-hybridized carbons (Fsp3) is 0.400. The molecule has 18 heavy (non-hydrogen) atoms. The molecule has 0 radical (unpaired) electrons. The third kappa shape index (κ3) is 3.88. The Balaban J connectivity index is 2.94. The molecule has 0 unspecified atom stereocenters. The molecule has 0 fully saturated rings. The maximum absolute atomic E-state index is 11.1. The number of nitrogens with two attached hydrogens (primary N) is 1. The molecular formula is C10H15N3O4S. The summed E-state index contributed by atoms with van der Waals surface area (Å²) in [6.45, 7) is 0.194. The van der Waals surface area contributed by atoms with Crippen LogP contribution in [0.2, 0.25) is 0 Å². The zero-order chi connectivity index (χ0) is 13.9. The molecule has 1 rings (SSSR count). The van der Waals surface area contributed by atoms with Crippen LogP contribution in [0.1, 0.15) is 10.5 Å². The van der Waals surface area contributed by atoms with Crippen molar-refractivity contribution in [3.63, 3.8) is 0 Å². The average Bonchev–Trinajstić information content (AvgIpc) is 2.25. The number of carboxylic acids is 1. The van der Waals surface area contributed by atoms with Crippen LogP contribution in [-0.2, 0) is 9.84 Å². The summed E-state index contributed by atoms with van der Waals surface area (Å²) in [5, 5.41) is 8.82. The third-order valence-corrected chi connectivity index (χ3v) is 3.21. The Labute approximate surface area is 105 Å². The molecule has 8 heteroatoms. The SMILES string of the molecule is CN(CCS(C)(=O)=O)c1nc(C(=O)O)ccc1N. The second-order valence-electron chi connectivity index (χ2n) is 3.97. The van der Waals surface area contributed by atoms with Crippen LogP contribution in [0.5, 0.6) is 0 Å². The smallest absolute Gasteiger partial charge is 0.354 e. The van der Waals surface area contributed by atoms with Gasteiger partial charge in [-0.1, -0.05) is 0 Å². The fourth-order valence-electron chi connectivity index (χ4n) is 1.29. The molecule has 0 aliphatic rings. The second-order valence-corrected chi connectivity index (χ2v) is 6.23. The van der Waals surface area contributed by atoms with Crippen LogP contribution >= 0.6 is 0 Å². The molecule has 0 saturated heterocycles. The van der Waals surface area contributed by atoms with E-state index in [2.05, 4.69) is 4.98 Å². The molecule has 1 aromatic rings. The number of pyridine rings is 1. The minimum Gasteiger partial charge on any atom is -0.477 e. The normalized spacial score (nSPS) is 11.2. The van der Waals surface area contributed by atoms with Gasteiger partial charge in [0.2, 0.25) is 0 Å². The lowest BCUT2D eigenvalue weighted by Gasteiger charge is -2.19. The standard InChI is InChI=1S/C10H15N3O4S/c1-13(5-6-18(2,16)17)9-7(11)3-4-8(12-9)10(14)15/h3-4H,5-6,11H2,1-2H3,(H,14,15). The van der Waals surface area contributed by atoms with Crippen LogP contribution < -0.4 is 10.6 Å². The van der Waals surface area contributed by atoms with Gasteiger partial charge in [0.1, 0.15) is 9.84 Å². The molecule has 0 aliphatic heterocycles. The molecule has 0 aromatic carbocycles. The van der Waals surface area contributed by atoms with Crippen molar-refractivity contribution in [1.29, 1.82) is 0 Å². The van der Waals surface area contributed by atoms with E-state index in [0.717, 1.165) is 6.26 Å². The van der Waals surface area contributed by atoms with E-state index in [-0.39, 0.29) is 23.8 Å². The largest absolute Gasteiger partial charge is 0.477 e. The Morgan fingerprint density at radius 3 is 2.61 bits per heavy atom. The van der Waals surface area contributed by atoms with Gasteiger partial charge in [0, 0.05) is 19.8 Å². The number of aromatic carboxylic acids is 1. The summed E-state index contributed by atoms with van der Waals surface area (Å²) in [6, 6.07) is 2.73. The van der Waals surface area contributed by atoms with Crippen LogP contribution in [0.15, 0.2) is 12.1 Å². The van der Waals surface area contributed by atoms with Gasteiger partial charge in [-0.15, -0.1) is 0 Å². The van der Waals surface area contributed by atoms with Gasteiger partial charge >= 0.3 is 5.97 Å². The number of anilines is 2. The van der Waals surface area contributed by atoms with Crippen molar-refractivity contribution in [2.45, 2.75) is 0 Å². The maximum Gasteiger partial charge on any atom is 0.354 e. The Kier molecular flexibility index (Phi) is 4.12. The highest BCUT2D eigenvalue weighted by Gasteiger charge is 2.13. The van der Waals surface area contributed by atoms with Gasteiger partial charge in [0.15, 0.2) is 11.5 Å². The van der Waals surface area contributed by atoms with Crippen molar-refractivity contribution >= 4 is 27.3 Å². The Hall–Kier alpha value is -1.83. The Morgan fingerprint density at radius 2 is 2.11 bits per heavy atom. The lowest BCUT2D eigenvalue weighted by Crippen LogP contribution is -2.27. The molecule has 0 aliphatic carbocycles. The van der Waals surface area contributed by atoms with Gasteiger partial charge in [-0.25, -0.2) is 18.2 Å². The van der Waals surface area contributed by atoms with E-state index in [4.69, 9.17) is 10.8 Å². The average molecular weight is 273 g/mol. The van der Waals surface area contributed by atoms with Crippen LogP contribution in [-0.4, -0.2) is 50.1 Å². The highest BCUT2D eigenvalue weighted by molar-refractivity contribution is 7.90. The number of nitrogen functional groups attached to an aromatic ring is 1. The first-order valence-corrected chi connectivity index (χ1v) is 7.15. The fourth-order valence-corrected chi connectivity index (χ4v) is 1.90. The van der Waals surface area contributed by atoms with Crippen molar-refractivity contribution in [3.8, 4) is 0 Å². The number of nitrogens with zero attached hydrogens (tertiary/aromatic N) is 2. The Morgan fingerprint density at radius 1 is 1.50 bits per heavy atom. The number of sulfone groups is 1. The molecule has 0 amide bonds. The van der Waals surface area contributed by atoms with Crippen molar-refractivity contribution in [1.82, 2.24) is 4.98 Å². The summed E-state index contributed by atoms with van der Waals surface area (Å²) in [7, 11) is -1.49. The van der Waals surface area contributed by atoms with E-state index in [1.807, 2.05) is 0 Å². The van der Waals surface area contributed by atoms with Gasteiger partial charge < -0.3 is 15.7 Å². The summed E-state index contributed by atoms with van der Waals surface area (Å²) in [5.41, 5.74) is 5.85. The molecule has 1 heterocycles. The highest BCUT2D eigenvalue weighted by atomic mass is 32.2. The summed E-state index contributed by atoms with van der Waals surface area (Å²) in [5.74, 6) is -0.951. The number of hydrogen-bond acceptors (Lipinski definition) is 6. The molecule has 1 aromatic heterocycles. The predicted octanol–water partition coefficient (Wildman–Crippen LogP) is -0.157. The van der Waals surface area contributed by atoms with Crippen LogP contribution in [0, 0.1) is 0 Å². The van der Waals surface area contributed by atoms with Gasteiger partial charge in [-0.2, -0.15) is 0 Å². The molecule has 100 valence electrons. The molecule has 0 saturated carbocycles. The van der Waals surface area contributed by atoms with Crippen molar-refractivity contribution in [3.05, 3.63) is 17.8 Å². The minimum atomic E-state index is -3.09. The first kappa shape index (κ1) is 14.2. The molecular weight excluding hydrogens is 258 g/mol. The number of hydrogen-bond donors (Lipinski definition) is 2. The lowest BCUT2D eigenvalue weighted by molar-refractivity contribution is 0.0690. The van der Waals surface area contributed by atoms with Crippen molar-refractivity contribution in [2.75, 3.05) is 36.2 Å². The van der Waals surface area contributed by atoms with Gasteiger partial charge in [-0.3, -0.25) is 0 Å². The topological polar surface area (TPSA) is 114 Å². The first-order chi connectivity index (χ1) is 8.20.